The van der Waals surface area contributed by atoms with Gasteiger partial charge in [0.05, 0.1) is 6.21 Å². The van der Waals surface area contributed by atoms with Crippen LogP contribution in [-0.4, -0.2) is 26.0 Å². The number of unbranched alkanes of at least 4 members (excludes halogenated alkanes) is 1. The van der Waals surface area contributed by atoms with Gasteiger partial charge >= 0.3 is 6.09 Å². The van der Waals surface area contributed by atoms with E-state index in [1.54, 1.807) is 18.2 Å². The van der Waals surface area contributed by atoms with E-state index in [0.29, 0.717) is 17.9 Å². The van der Waals surface area contributed by atoms with E-state index in [2.05, 4.69) is 33.3 Å². The highest BCUT2D eigenvalue weighted by Crippen LogP contribution is 2.22. The normalized spacial score (nSPS) is 10.5. The lowest BCUT2D eigenvalue weighted by Crippen LogP contribution is -2.22. The first-order chi connectivity index (χ1) is 9.17. The molecule has 0 fully saturated rings. The molecule has 0 aliphatic carbocycles. The number of carbonyl (C=O) groups excluding carboxylic acids is 1. The Morgan fingerprint density at radius 3 is 3.00 bits per heavy atom. The van der Waals surface area contributed by atoms with E-state index in [4.69, 9.17) is 9.57 Å². The van der Waals surface area contributed by atoms with Crippen LogP contribution < -0.4 is 10.1 Å². The summed E-state index contributed by atoms with van der Waals surface area (Å²) in [7, 11) is 1.50. The molecule has 1 aromatic rings. The van der Waals surface area contributed by atoms with E-state index >= 15 is 0 Å². The van der Waals surface area contributed by atoms with Crippen LogP contribution >= 0.6 is 15.9 Å². The van der Waals surface area contributed by atoms with Crippen molar-refractivity contribution in [2.24, 2.45) is 5.16 Å². The van der Waals surface area contributed by atoms with Crippen LogP contribution in [0.5, 0.6) is 5.75 Å². The minimum atomic E-state index is -0.524. The van der Waals surface area contributed by atoms with Gasteiger partial charge in [-0.15, -0.1) is 0 Å². The van der Waals surface area contributed by atoms with Gasteiger partial charge in [0.2, 0.25) is 0 Å². The molecule has 6 heteroatoms. The van der Waals surface area contributed by atoms with Crippen molar-refractivity contribution in [1.29, 1.82) is 0 Å². The Morgan fingerprint density at radius 1 is 1.53 bits per heavy atom. The third kappa shape index (κ3) is 5.74. The molecule has 0 bridgehead atoms. The quantitative estimate of drug-likeness (QED) is 0.495. The van der Waals surface area contributed by atoms with Crippen molar-refractivity contribution in [1.82, 2.24) is 5.32 Å². The third-order valence-electron chi connectivity index (χ3n) is 2.23. The Kier molecular flexibility index (Phi) is 6.95. The molecule has 0 radical (unpaired) electrons. The van der Waals surface area contributed by atoms with Gasteiger partial charge in [-0.3, -0.25) is 0 Å². The molecule has 0 saturated heterocycles. The molecule has 0 heterocycles. The van der Waals surface area contributed by atoms with Crippen LogP contribution in [0.15, 0.2) is 27.8 Å². The highest BCUT2D eigenvalue weighted by Gasteiger charge is 2.07. The summed E-state index contributed by atoms with van der Waals surface area (Å²) in [5.41, 5.74) is 0.662. The van der Waals surface area contributed by atoms with E-state index in [9.17, 15) is 4.79 Å². The van der Waals surface area contributed by atoms with Crippen molar-refractivity contribution in [2.75, 3.05) is 13.7 Å². The Hall–Kier alpha value is -1.56. The standard InChI is InChI=1S/C13H17BrN2O3/c1-3-4-7-18-16-9-10-8-11(14)5-6-12(10)19-13(17)15-2/h5-6,8-9H,3-4,7H2,1-2H3,(H,15,17). The maximum absolute atomic E-state index is 11.2. The number of carbonyl (C=O) groups is 1. The maximum Gasteiger partial charge on any atom is 0.412 e. The first-order valence-corrected chi connectivity index (χ1v) is 6.81. The summed E-state index contributed by atoms with van der Waals surface area (Å²) in [6.07, 6.45) is 3.01. The van der Waals surface area contributed by atoms with Crippen molar-refractivity contribution >= 4 is 28.2 Å². The van der Waals surface area contributed by atoms with Gasteiger partial charge in [-0.05, 0) is 24.6 Å². The molecule has 1 N–H and O–H groups in total. The topological polar surface area (TPSA) is 59.9 Å². The van der Waals surface area contributed by atoms with E-state index < -0.39 is 6.09 Å². The van der Waals surface area contributed by atoms with Crippen molar-refractivity contribution in [3.8, 4) is 5.75 Å². The van der Waals surface area contributed by atoms with Crippen molar-refractivity contribution in [2.45, 2.75) is 19.8 Å². The molecule has 1 amide bonds. The van der Waals surface area contributed by atoms with Crippen LogP contribution in [0.2, 0.25) is 0 Å². The number of nitrogens with zero attached hydrogens (tertiary/aromatic N) is 1. The molecule has 0 saturated carbocycles. The van der Waals surface area contributed by atoms with Crippen molar-refractivity contribution in [3.63, 3.8) is 0 Å². The Labute approximate surface area is 121 Å². The monoisotopic (exact) mass is 328 g/mol. The van der Waals surface area contributed by atoms with Crippen molar-refractivity contribution in [3.05, 3.63) is 28.2 Å². The summed E-state index contributed by atoms with van der Waals surface area (Å²) in [6.45, 7) is 2.66. The van der Waals surface area contributed by atoms with E-state index in [1.165, 1.54) is 13.3 Å². The molecule has 0 aromatic heterocycles. The first-order valence-electron chi connectivity index (χ1n) is 6.01. The van der Waals surface area contributed by atoms with Crippen LogP contribution in [0.3, 0.4) is 0 Å². The molecular weight excluding hydrogens is 312 g/mol. The largest absolute Gasteiger partial charge is 0.412 e. The third-order valence-corrected chi connectivity index (χ3v) is 2.73. The number of hydrogen-bond acceptors (Lipinski definition) is 4. The van der Waals surface area contributed by atoms with Crippen LogP contribution in [0, 0.1) is 0 Å². The molecule has 0 atom stereocenters. The molecule has 0 aliphatic rings. The number of amides is 1. The van der Waals surface area contributed by atoms with Crippen LogP contribution in [0.4, 0.5) is 4.79 Å². The second kappa shape index (κ2) is 8.53. The molecule has 0 spiro atoms. The van der Waals surface area contributed by atoms with E-state index in [0.717, 1.165) is 17.3 Å². The smallest absolute Gasteiger partial charge is 0.410 e. The second-order valence-corrected chi connectivity index (χ2v) is 4.66. The molecule has 5 nitrogen and oxygen atoms in total. The molecule has 0 aliphatic heterocycles. The number of oxime groups is 1. The fourth-order valence-corrected chi connectivity index (χ4v) is 1.60. The summed E-state index contributed by atoms with van der Waals surface area (Å²) in [6, 6.07) is 5.27. The second-order valence-electron chi connectivity index (χ2n) is 3.74. The number of halogens is 1. The molecule has 1 rings (SSSR count). The molecule has 19 heavy (non-hydrogen) atoms. The minimum Gasteiger partial charge on any atom is -0.410 e. The molecule has 0 unspecified atom stereocenters. The van der Waals surface area contributed by atoms with Gasteiger partial charge in [0.25, 0.3) is 0 Å². The summed E-state index contributed by atoms with van der Waals surface area (Å²) in [5, 5.41) is 6.25. The van der Waals surface area contributed by atoms with Gasteiger partial charge in [0.15, 0.2) is 0 Å². The summed E-state index contributed by atoms with van der Waals surface area (Å²) < 4.78 is 5.98. The van der Waals surface area contributed by atoms with E-state index in [-0.39, 0.29) is 0 Å². The minimum absolute atomic E-state index is 0.422. The average molecular weight is 329 g/mol. The first kappa shape index (κ1) is 15.5. The predicted octanol–water partition coefficient (Wildman–Crippen LogP) is 3.32. The lowest BCUT2D eigenvalue weighted by Gasteiger charge is -2.07. The zero-order valence-corrected chi connectivity index (χ0v) is 12.6. The maximum atomic E-state index is 11.2. The van der Waals surface area contributed by atoms with Gasteiger partial charge < -0.3 is 14.9 Å². The summed E-state index contributed by atoms with van der Waals surface area (Å²) >= 11 is 3.35. The van der Waals surface area contributed by atoms with Crippen LogP contribution in [0.25, 0.3) is 0 Å². The molecule has 104 valence electrons. The summed E-state index contributed by atoms with van der Waals surface area (Å²) in [4.78, 5) is 16.3. The Morgan fingerprint density at radius 2 is 2.32 bits per heavy atom. The van der Waals surface area contributed by atoms with Gasteiger partial charge in [0, 0.05) is 17.1 Å². The fraction of sp³-hybridized carbons (Fsp3) is 0.385. The highest BCUT2D eigenvalue weighted by atomic mass is 79.9. The van der Waals surface area contributed by atoms with Crippen molar-refractivity contribution < 1.29 is 14.4 Å². The van der Waals surface area contributed by atoms with Gasteiger partial charge in [0.1, 0.15) is 12.4 Å². The van der Waals surface area contributed by atoms with Gasteiger partial charge in [-0.2, -0.15) is 0 Å². The molecule has 1 aromatic carbocycles. The number of ether oxygens (including phenoxy) is 1. The van der Waals surface area contributed by atoms with E-state index in [1.807, 2.05) is 0 Å². The zero-order chi connectivity index (χ0) is 14.1. The average Bonchev–Trinajstić information content (AvgIpc) is 2.41. The van der Waals surface area contributed by atoms with Crippen LogP contribution in [0.1, 0.15) is 25.3 Å². The highest BCUT2D eigenvalue weighted by molar-refractivity contribution is 9.10. The number of nitrogens with one attached hydrogen (secondary N) is 1. The Bertz CT molecular complexity index is 450. The lowest BCUT2D eigenvalue weighted by molar-refractivity contribution is 0.142. The summed E-state index contributed by atoms with van der Waals surface area (Å²) in [5.74, 6) is 0.422. The number of benzene rings is 1. The number of hydrogen-bond donors (Lipinski definition) is 1. The fourth-order valence-electron chi connectivity index (χ4n) is 1.22. The predicted molar refractivity (Wildman–Crippen MR) is 77.7 cm³/mol. The molecular formula is C13H17BrN2O3. The zero-order valence-electron chi connectivity index (χ0n) is 11.0. The van der Waals surface area contributed by atoms with Gasteiger partial charge in [-0.25, -0.2) is 4.79 Å². The Balaban J connectivity index is 2.73. The van der Waals surface area contributed by atoms with Gasteiger partial charge in [-0.1, -0.05) is 34.4 Å². The lowest BCUT2D eigenvalue weighted by atomic mass is 10.2. The van der Waals surface area contributed by atoms with Crippen LogP contribution in [-0.2, 0) is 4.84 Å². The number of rotatable bonds is 6. The SMILES string of the molecule is CCCCON=Cc1cc(Br)ccc1OC(=O)NC.